The predicted octanol–water partition coefficient (Wildman–Crippen LogP) is 4.73. The number of halogens is 3. The highest BCUT2D eigenvalue weighted by molar-refractivity contribution is 7.22. The Labute approximate surface area is 202 Å². The standard InChI is InChI=1S/C24H22F3N5O2S/c25-24(26,27)10-3-11-34-16-8-6-14(7-9-16)18-13-17(21(23(33)30-18)22(31-28)32-29)20-12-15-4-1-2-5-19(15)35-20/h1-2,4-9,12-13H,3,10-11,28-29H2,(H,30,33)(H,31,32). The molecule has 2 aromatic heterocycles. The summed E-state index contributed by atoms with van der Waals surface area (Å²) in [5.74, 6) is 11.5. The minimum Gasteiger partial charge on any atom is -0.494 e. The van der Waals surface area contributed by atoms with Crippen molar-refractivity contribution in [3.63, 3.8) is 0 Å². The summed E-state index contributed by atoms with van der Waals surface area (Å²) in [6, 6.07) is 18.4. The number of aromatic amines is 1. The monoisotopic (exact) mass is 501 g/mol. The van der Waals surface area contributed by atoms with E-state index in [4.69, 9.17) is 16.4 Å². The molecular weight excluding hydrogens is 479 g/mol. The first kappa shape index (κ1) is 24.3. The molecule has 0 bridgehead atoms. The molecule has 0 amide bonds. The molecule has 4 aromatic rings. The van der Waals surface area contributed by atoms with Gasteiger partial charge in [0.15, 0.2) is 5.84 Å². The zero-order chi connectivity index (χ0) is 25.0. The first-order valence-electron chi connectivity index (χ1n) is 10.6. The van der Waals surface area contributed by atoms with Crippen LogP contribution in [0, 0.1) is 0 Å². The number of hydrogen-bond acceptors (Lipinski definition) is 6. The summed E-state index contributed by atoms with van der Waals surface area (Å²) in [6.07, 6.45) is -5.23. The molecule has 6 N–H and O–H groups in total. The van der Waals surface area contributed by atoms with Crippen molar-refractivity contribution in [2.24, 2.45) is 16.8 Å². The molecule has 0 atom stereocenters. The second kappa shape index (κ2) is 10.2. The summed E-state index contributed by atoms with van der Waals surface area (Å²) in [5, 5.41) is 4.65. The zero-order valence-corrected chi connectivity index (χ0v) is 19.2. The molecule has 0 fully saturated rings. The van der Waals surface area contributed by atoms with Crippen LogP contribution in [0.1, 0.15) is 18.4 Å². The fraction of sp³-hybridized carbons (Fsp3) is 0.167. The van der Waals surface area contributed by atoms with Gasteiger partial charge < -0.3 is 21.0 Å². The lowest BCUT2D eigenvalue weighted by molar-refractivity contribution is -0.136. The largest absolute Gasteiger partial charge is 0.494 e. The number of hydrazine groups is 1. The molecule has 11 heteroatoms. The first-order chi connectivity index (χ1) is 16.8. The Kier molecular flexibility index (Phi) is 7.08. The number of hydrogen-bond donors (Lipinski definition) is 4. The van der Waals surface area contributed by atoms with E-state index in [0.29, 0.717) is 22.6 Å². The van der Waals surface area contributed by atoms with Crippen LogP contribution in [0.2, 0.25) is 0 Å². The van der Waals surface area contributed by atoms with Gasteiger partial charge in [0.1, 0.15) is 5.75 Å². The van der Waals surface area contributed by atoms with Crippen LogP contribution in [0.3, 0.4) is 0 Å². The minimum atomic E-state index is -4.20. The van der Waals surface area contributed by atoms with E-state index >= 15 is 0 Å². The zero-order valence-electron chi connectivity index (χ0n) is 18.4. The van der Waals surface area contributed by atoms with Crippen LogP contribution in [-0.2, 0) is 0 Å². The normalized spacial score (nSPS) is 12.2. The predicted molar refractivity (Wildman–Crippen MR) is 132 cm³/mol. The molecule has 0 aliphatic heterocycles. The van der Waals surface area contributed by atoms with E-state index in [1.807, 2.05) is 36.4 Å². The van der Waals surface area contributed by atoms with E-state index in [1.165, 1.54) is 11.3 Å². The number of hydrazone groups is 1. The molecule has 0 saturated carbocycles. The number of rotatable bonds is 7. The Bertz CT molecular complexity index is 1380. The second-order valence-corrected chi connectivity index (χ2v) is 8.75. The number of alkyl halides is 3. The first-order valence-corrected chi connectivity index (χ1v) is 11.4. The third-order valence-corrected chi connectivity index (χ3v) is 6.41. The number of nitrogens with zero attached hydrogens (tertiary/aromatic N) is 1. The van der Waals surface area contributed by atoms with E-state index < -0.39 is 18.2 Å². The van der Waals surface area contributed by atoms with Crippen molar-refractivity contribution >= 4 is 27.3 Å². The lowest BCUT2D eigenvalue weighted by Crippen LogP contribution is -2.36. The van der Waals surface area contributed by atoms with Gasteiger partial charge in [-0.3, -0.25) is 4.79 Å². The molecule has 7 nitrogen and oxygen atoms in total. The molecule has 0 unspecified atom stereocenters. The highest BCUT2D eigenvalue weighted by Crippen LogP contribution is 2.36. The van der Waals surface area contributed by atoms with Crippen LogP contribution >= 0.6 is 11.3 Å². The molecule has 0 radical (unpaired) electrons. The Morgan fingerprint density at radius 1 is 1.11 bits per heavy atom. The highest BCUT2D eigenvalue weighted by Gasteiger charge is 2.26. The minimum absolute atomic E-state index is 0.0351. The van der Waals surface area contributed by atoms with Crippen molar-refractivity contribution in [1.29, 1.82) is 0 Å². The summed E-state index contributed by atoms with van der Waals surface area (Å²) in [7, 11) is 0. The maximum atomic E-state index is 13.1. The number of nitrogens with one attached hydrogen (secondary N) is 2. The summed E-state index contributed by atoms with van der Waals surface area (Å²) in [6.45, 7) is -0.0479. The fourth-order valence-electron chi connectivity index (χ4n) is 3.63. The third kappa shape index (κ3) is 5.64. The van der Waals surface area contributed by atoms with Gasteiger partial charge in [-0.2, -0.15) is 18.3 Å². The second-order valence-electron chi connectivity index (χ2n) is 7.66. The Morgan fingerprint density at radius 2 is 1.86 bits per heavy atom. The van der Waals surface area contributed by atoms with Gasteiger partial charge in [0.2, 0.25) is 0 Å². The number of nitrogens with two attached hydrogens (primary N) is 2. The molecule has 35 heavy (non-hydrogen) atoms. The van der Waals surface area contributed by atoms with Crippen molar-refractivity contribution in [3.05, 3.63) is 76.6 Å². The van der Waals surface area contributed by atoms with E-state index in [2.05, 4.69) is 15.5 Å². The summed E-state index contributed by atoms with van der Waals surface area (Å²) < 4.78 is 43.3. The van der Waals surface area contributed by atoms with Gasteiger partial charge in [0.25, 0.3) is 5.56 Å². The number of aromatic nitrogens is 1. The number of benzene rings is 2. The van der Waals surface area contributed by atoms with E-state index in [9.17, 15) is 18.0 Å². The molecule has 4 rings (SSSR count). The molecule has 0 saturated heterocycles. The van der Waals surface area contributed by atoms with Crippen molar-refractivity contribution in [2.45, 2.75) is 19.0 Å². The van der Waals surface area contributed by atoms with E-state index in [1.54, 1.807) is 24.3 Å². The van der Waals surface area contributed by atoms with E-state index in [-0.39, 0.29) is 24.4 Å². The number of pyridine rings is 1. The van der Waals surface area contributed by atoms with Crippen LogP contribution in [0.25, 0.3) is 31.8 Å². The molecule has 2 aromatic carbocycles. The Balaban J connectivity index is 1.68. The average molecular weight is 502 g/mol. The molecular formula is C24H22F3N5O2S. The topological polar surface area (TPSA) is 119 Å². The highest BCUT2D eigenvalue weighted by atomic mass is 32.1. The van der Waals surface area contributed by atoms with Crippen LogP contribution in [-0.4, -0.2) is 23.6 Å². The van der Waals surface area contributed by atoms with Crippen LogP contribution in [0.5, 0.6) is 5.75 Å². The van der Waals surface area contributed by atoms with Crippen LogP contribution in [0.4, 0.5) is 13.2 Å². The Morgan fingerprint density at radius 3 is 2.51 bits per heavy atom. The Hall–Kier alpha value is -3.83. The maximum Gasteiger partial charge on any atom is 0.389 e. The molecule has 0 spiro atoms. The SMILES string of the molecule is N/N=C(\NN)c1c(-c2cc3ccccc3s2)cc(-c2ccc(OCCCC(F)(F)F)cc2)[nH]c1=O. The average Bonchev–Trinajstić information content (AvgIpc) is 3.27. The van der Waals surface area contributed by atoms with Gasteiger partial charge in [0.05, 0.1) is 12.2 Å². The van der Waals surface area contributed by atoms with Crippen molar-refractivity contribution < 1.29 is 17.9 Å². The summed E-state index contributed by atoms with van der Waals surface area (Å²) in [5.41, 5.74) is 3.95. The lowest BCUT2D eigenvalue weighted by atomic mass is 10.0. The van der Waals surface area contributed by atoms with Crippen molar-refractivity contribution in [2.75, 3.05) is 6.61 Å². The smallest absolute Gasteiger partial charge is 0.389 e. The fourth-order valence-corrected chi connectivity index (χ4v) is 4.71. The molecule has 0 aliphatic carbocycles. The third-order valence-electron chi connectivity index (χ3n) is 5.27. The number of amidine groups is 1. The number of fused-ring (bicyclic) bond motifs is 1. The van der Waals surface area contributed by atoms with Gasteiger partial charge in [-0.25, -0.2) is 5.84 Å². The number of thiophene rings is 1. The number of ether oxygens (including phenoxy) is 1. The van der Waals surface area contributed by atoms with Gasteiger partial charge in [0, 0.05) is 27.3 Å². The molecule has 182 valence electrons. The quantitative estimate of drug-likeness (QED) is 0.0960. The summed E-state index contributed by atoms with van der Waals surface area (Å²) in [4.78, 5) is 16.8. The van der Waals surface area contributed by atoms with Crippen molar-refractivity contribution in [1.82, 2.24) is 10.4 Å². The van der Waals surface area contributed by atoms with Gasteiger partial charge in [-0.05, 0) is 59.8 Å². The van der Waals surface area contributed by atoms with Crippen molar-refractivity contribution in [3.8, 4) is 27.4 Å². The summed E-state index contributed by atoms with van der Waals surface area (Å²) >= 11 is 1.51. The molecule has 2 heterocycles. The van der Waals surface area contributed by atoms with Gasteiger partial charge >= 0.3 is 6.18 Å². The van der Waals surface area contributed by atoms with Gasteiger partial charge in [-0.1, -0.05) is 18.2 Å². The number of H-pyrrole nitrogens is 1. The molecule has 0 aliphatic rings. The van der Waals surface area contributed by atoms with E-state index in [0.717, 1.165) is 15.0 Å². The van der Waals surface area contributed by atoms with Crippen LogP contribution < -0.4 is 27.4 Å². The maximum absolute atomic E-state index is 13.1. The van der Waals surface area contributed by atoms with Crippen LogP contribution in [0.15, 0.2) is 70.6 Å². The van der Waals surface area contributed by atoms with Gasteiger partial charge in [-0.15, -0.1) is 11.3 Å². The lowest BCUT2D eigenvalue weighted by Gasteiger charge is -2.12.